The monoisotopic (exact) mass is 242 g/mol. The third kappa shape index (κ3) is 5.36. The van der Waals surface area contributed by atoms with Crippen LogP contribution in [0.3, 0.4) is 0 Å². The molecule has 102 valence electrons. The van der Waals surface area contributed by atoms with Crippen LogP contribution in [-0.2, 0) is 4.74 Å². The molecule has 17 heavy (non-hydrogen) atoms. The lowest BCUT2D eigenvalue weighted by Gasteiger charge is -2.31. The molecule has 1 N–H and O–H groups in total. The van der Waals surface area contributed by atoms with Gasteiger partial charge in [0, 0.05) is 26.3 Å². The highest BCUT2D eigenvalue weighted by molar-refractivity contribution is 4.80. The van der Waals surface area contributed by atoms with Crippen molar-refractivity contribution in [3.8, 4) is 0 Å². The maximum atomic E-state index is 5.16. The van der Waals surface area contributed by atoms with E-state index in [0.717, 1.165) is 25.6 Å². The first kappa shape index (κ1) is 14.9. The third-order valence-electron chi connectivity index (χ3n) is 3.68. The molecule has 1 saturated heterocycles. The van der Waals surface area contributed by atoms with Crippen molar-refractivity contribution in [3.63, 3.8) is 0 Å². The van der Waals surface area contributed by atoms with E-state index in [4.69, 9.17) is 4.74 Å². The van der Waals surface area contributed by atoms with Crippen LogP contribution in [0.5, 0.6) is 0 Å². The number of hydrogen-bond acceptors (Lipinski definition) is 3. The summed E-state index contributed by atoms with van der Waals surface area (Å²) in [6.07, 6.45) is 2.76. The summed E-state index contributed by atoms with van der Waals surface area (Å²) in [5.74, 6) is 1.34. The standard InChI is InChI=1S/C14H30N2O/c1-12(2)14(16-7-5-6-8-16)10-15-9-13(3)11-17-4/h12-15H,5-11H2,1-4H3. The summed E-state index contributed by atoms with van der Waals surface area (Å²) in [5, 5.41) is 3.61. The highest BCUT2D eigenvalue weighted by atomic mass is 16.5. The van der Waals surface area contributed by atoms with Gasteiger partial charge in [-0.25, -0.2) is 0 Å². The van der Waals surface area contributed by atoms with Crippen molar-refractivity contribution < 1.29 is 4.74 Å². The summed E-state index contributed by atoms with van der Waals surface area (Å²) in [6.45, 7) is 12.5. The molecule has 0 amide bonds. The molecule has 0 aromatic carbocycles. The maximum Gasteiger partial charge on any atom is 0.0499 e. The van der Waals surface area contributed by atoms with Gasteiger partial charge in [0.25, 0.3) is 0 Å². The number of likely N-dealkylation sites (tertiary alicyclic amines) is 1. The van der Waals surface area contributed by atoms with Gasteiger partial charge in [-0.3, -0.25) is 4.90 Å². The Morgan fingerprint density at radius 3 is 2.29 bits per heavy atom. The van der Waals surface area contributed by atoms with Gasteiger partial charge < -0.3 is 10.1 Å². The number of nitrogens with zero attached hydrogens (tertiary/aromatic N) is 1. The van der Waals surface area contributed by atoms with Crippen LogP contribution >= 0.6 is 0 Å². The van der Waals surface area contributed by atoms with Crippen LogP contribution in [0.25, 0.3) is 0 Å². The van der Waals surface area contributed by atoms with Crippen molar-refractivity contribution in [2.24, 2.45) is 11.8 Å². The second kappa shape index (κ2) is 8.06. The molecule has 1 aliphatic rings. The Morgan fingerprint density at radius 1 is 1.12 bits per heavy atom. The minimum atomic E-state index is 0.603. The van der Waals surface area contributed by atoms with Gasteiger partial charge in [-0.15, -0.1) is 0 Å². The second-order valence-electron chi connectivity index (χ2n) is 5.77. The summed E-state index contributed by atoms with van der Waals surface area (Å²) in [5.41, 5.74) is 0. The SMILES string of the molecule is COCC(C)CNCC(C(C)C)N1CCCC1. The van der Waals surface area contributed by atoms with Gasteiger partial charge in [0.15, 0.2) is 0 Å². The molecule has 2 unspecified atom stereocenters. The van der Waals surface area contributed by atoms with Gasteiger partial charge in [-0.05, 0) is 44.3 Å². The van der Waals surface area contributed by atoms with Crippen LogP contribution in [-0.4, -0.2) is 50.8 Å². The van der Waals surface area contributed by atoms with Crippen molar-refractivity contribution in [2.45, 2.75) is 39.7 Å². The Balaban J connectivity index is 2.24. The molecular weight excluding hydrogens is 212 g/mol. The van der Waals surface area contributed by atoms with E-state index in [2.05, 4.69) is 31.0 Å². The van der Waals surface area contributed by atoms with E-state index in [1.54, 1.807) is 7.11 Å². The zero-order chi connectivity index (χ0) is 12.7. The van der Waals surface area contributed by atoms with Gasteiger partial charge in [0.2, 0.25) is 0 Å². The highest BCUT2D eigenvalue weighted by Gasteiger charge is 2.24. The van der Waals surface area contributed by atoms with Crippen LogP contribution in [0.1, 0.15) is 33.6 Å². The predicted octanol–water partition coefficient (Wildman–Crippen LogP) is 1.98. The van der Waals surface area contributed by atoms with Crippen LogP contribution in [0.15, 0.2) is 0 Å². The molecule has 0 aliphatic carbocycles. The summed E-state index contributed by atoms with van der Waals surface area (Å²) in [6, 6.07) is 0.701. The van der Waals surface area contributed by atoms with Crippen LogP contribution in [0.2, 0.25) is 0 Å². The van der Waals surface area contributed by atoms with Gasteiger partial charge in [-0.2, -0.15) is 0 Å². The minimum Gasteiger partial charge on any atom is -0.384 e. The normalized spacial score (nSPS) is 21.0. The Hall–Kier alpha value is -0.120. The molecule has 3 nitrogen and oxygen atoms in total. The van der Waals surface area contributed by atoms with Crippen molar-refractivity contribution >= 4 is 0 Å². The lowest BCUT2D eigenvalue weighted by atomic mass is 10.0. The largest absolute Gasteiger partial charge is 0.384 e. The fraction of sp³-hybridized carbons (Fsp3) is 1.00. The Kier molecular flexibility index (Phi) is 7.09. The first-order chi connectivity index (χ1) is 8.15. The molecule has 0 bridgehead atoms. The number of hydrogen-bond donors (Lipinski definition) is 1. The quantitative estimate of drug-likeness (QED) is 0.704. The molecule has 0 saturated carbocycles. The van der Waals surface area contributed by atoms with E-state index in [1.807, 2.05) is 0 Å². The molecule has 0 spiro atoms. The molecule has 1 aliphatic heterocycles. The Labute approximate surface area is 107 Å². The highest BCUT2D eigenvalue weighted by Crippen LogP contribution is 2.17. The number of ether oxygens (including phenoxy) is 1. The third-order valence-corrected chi connectivity index (χ3v) is 3.68. The molecule has 2 atom stereocenters. The smallest absolute Gasteiger partial charge is 0.0499 e. The topological polar surface area (TPSA) is 24.5 Å². The summed E-state index contributed by atoms with van der Waals surface area (Å²) in [7, 11) is 1.78. The molecule has 0 radical (unpaired) electrons. The minimum absolute atomic E-state index is 0.603. The zero-order valence-corrected chi connectivity index (χ0v) is 12.0. The van der Waals surface area contributed by atoms with Crippen molar-refractivity contribution in [1.29, 1.82) is 0 Å². The van der Waals surface area contributed by atoms with E-state index in [9.17, 15) is 0 Å². The summed E-state index contributed by atoms with van der Waals surface area (Å²) < 4.78 is 5.16. The predicted molar refractivity (Wildman–Crippen MR) is 73.3 cm³/mol. The molecule has 1 rings (SSSR count). The molecule has 0 aromatic rings. The first-order valence-electron chi connectivity index (χ1n) is 7.08. The van der Waals surface area contributed by atoms with E-state index >= 15 is 0 Å². The van der Waals surface area contributed by atoms with E-state index in [0.29, 0.717) is 12.0 Å². The lowest BCUT2D eigenvalue weighted by Crippen LogP contribution is -2.45. The van der Waals surface area contributed by atoms with E-state index < -0.39 is 0 Å². The average Bonchev–Trinajstić information content (AvgIpc) is 2.77. The molecule has 3 heteroatoms. The van der Waals surface area contributed by atoms with Crippen molar-refractivity contribution in [2.75, 3.05) is 39.9 Å². The molecule has 1 heterocycles. The lowest BCUT2D eigenvalue weighted by molar-refractivity contribution is 0.151. The fourth-order valence-electron chi connectivity index (χ4n) is 2.68. The van der Waals surface area contributed by atoms with Crippen molar-refractivity contribution in [3.05, 3.63) is 0 Å². The second-order valence-corrected chi connectivity index (χ2v) is 5.77. The Morgan fingerprint density at radius 2 is 1.76 bits per heavy atom. The number of nitrogens with one attached hydrogen (secondary N) is 1. The van der Waals surface area contributed by atoms with Gasteiger partial charge in [-0.1, -0.05) is 20.8 Å². The van der Waals surface area contributed by atoms with Crippen LogP contribution < -0.4 is 5.32 Å². The van der Waals surface area contributed by atoms with E-state index in [-0.39, 0.29) is 0 Å². The van der Waals surface area contributed by atoms with Crippen LogP contribution in [0, 0.1) is 11.8 Å². The van der Waals surface area contributed by atoms with E-state index in [1.165, 1.54) is 25.9 Å². The van der Waals surface area contributed by atoms with Gasteiger partial charge >= 0.3 is 0 Å². The van der Waals surface area contributed by atoms with Gasteiger partial charge in [0.1, 0.15) is 0 Å². The number of rotatable bonds is 8. The number of methoxy groups -OCH3 is 1. The molecule has 0 aromatic heterocycles. The summed E-state index contributed by atoms with van der Waals surface area (Å²) >= 11 is 0. The summed E-state index contributed by atoms with van der Waals surface area (Å²) in [4.78, 5) is 2.65. The Bertz CT molecular complexity index is 191. The molecular formula is C14H30N2O. The van der Waals surface area contributed by atoms with Crippen molar-refractivity contribution in [1.82, 2.24) is 10.2 Å². The maximum absolute atomic E-state index is 5.16. The first-order valence-corrected chi connectivity index (χ1v) is 7.08. The average molecular weight is 242 g/mol. The van der Waals surface area contributed by atoms with Gasteiger partial charge in [0.05, 0.1) is 0 Å². The molecule has 1 fully saturated rings. The zero-order valence-electron chi connectivity index (χ0n) is 12.0. The van der Waals surface area contributed by atoms with Crippen LogP contribution in [0.4, 0.5) is 0 Å². The fourth-order valence-corrected chi connectivity index (χ4v) is 2.68.